The summed E-state index contributed by atoms with van der Waals surface area (Å²) in [4.78, 5) is 24.7. The second kappa shape index (κ2) is 7.71. The van der Waals surface area contributed by atoms with Crippen molar-refractivity contribution >= 4 is 33.8 Å². The third-order valence-electron chi connectivity index (χ3n) is 3.12. The molecule has 8 heteroatoms. The first-order chi connectivity index (χ1) is 12.1. The summed E-state index contributed by atoms with van der Waals surface area (Å²) in [5, 5.41) is 5.18. The Morgan fingerprint density at radius 1 is 1.08 bits per heavy atom. The van der Waals surface area contributed by atoms with Gasteiger partial charge in [-0.25, -0.2) is 0 Å². The van der Waals surface area contributed by atoms with Crippen LogP contribution >= 0.6 is 15.9 Å². The molecule has 0 radical (unpaired) electrons. The second-order valence-corrected chi connectivity index (χ2v) is 5.67. The summed E-state index contributed by atoms with van der Waals surface area (Å²) in [5.41, 5.74) is 0.0130. The number of furan rings is 3. The Morgan fingerprint density at radius 2 is 1.88 bits per heavy atom. The summed E-state index contributed by atoms with van der Waals surface area (Å²) < 4.78 is 16.0. The molecule has 0 saturated carbocycles. The van der Waals surface area contributed by atoms with Crippen molar-refractivity contribution in [2.75, 3.05) is 0 Å². The first kappa shape index (κ1) is 16.8. The summed E-state index contributed by atoms with van der Waals surface area (Å²) in [6.45, 7) is 0.184. The SMILES string of the molecule is O=C(NCc1ccco1)/C(=C/c1ccco1)NC(=O)c1ccc(Br)o1. The van der Waals surface area contributed by atoms with Crippen molar-refractivity contribution in [2.45, 2.75) is 6.54 Å². The molecule has 0 saturated heterocycles. The fourth-order valence-electron chi connectivity index (χ4n) is 1.97. The molecule has 2 N–H and O–H groups in total. The Morgan fingerprint density at radius 3 is 2.52 bits per heavy atom. The van der Waals surface area contributed by atoms with Gasteiger partial charge in [-0.2, -0.15) is 0 Å². The molecule has 0 spiro atoms. The Labute approximate surface area is 150 Å². The summed E-state index contributed by atoms with van der Waals surface area (Å²) in [7, 11) is 0. The highest BCUT2D eigenvalue weighted by atomic mass is 79.9. The average molecular weight is 405 g/mol. The molecule has 25 heavy (non-hydrogen) atoms. The molecule has 0 unspecified atom stereocenters. The fourth-order valence-corrected chi connectivity index (χ4v) is 2.28. The fraction of sp³-hybridized carbons (Fsp3) is 0.0588. The van der Waals surface area contributed by atoms with Gasteiger partial charge in [0, 0.05) is 6.08 Å². The summed E-state index contributed by atoms with van der Waals surface area (Å²) in [6, 6.07) is 9.87. The van der Waals surface area contributed by atoms with Crippen LogP contribution in [0.25, 0.3) is 6.08 Å². The van der Waals surface area contributed by atoms with E-state index in [0.29, 0.717) is 16.2 Å². The van der Waals surface area contributed by atoms with Crippen molar-refractivity contribution in [1.29, 1.82) is 0 Å². The normalized spacial score (nSPS) is 11.3. The van der Waals surface area contributed by atoms with Crippen LogP contribution in [0.2, 0.25) is 0 Å². The van der Waals surface area contributed by atoms with Crippen molar-refractivity contribution in [1.82, 2.24) is 10.6 Å². The molecule has 0 atom stereocenters. The van der Waals surface area contributed by atoms with Gasteiger partial charge in [0.05, 0.1) is 19.1 Å². The zero-order valence-electron chi connectivity index (χ0n) is 12.8. The van der Waals surface area contributed by atoms with E-state index in [2.05, 4.69) is 26.6 Å². The number of halogens is 1. The van der Waals surface area contributed by atoms with E-state index in [1.165, 1.54) is 24.7 Å². The number of amides is 2. The minimum Gasteiger partial charge on any atom is -0.467 e. The quantitative estimate of drug-likeness (QED) is 0.614. The predicted molar refractivity (Wildman–Crippen MR) is 91.1 cm³/mol. The zero-order valence-corrected chi connectivity index (χ0v) is 14.4. The van der Waals surface area contributed by atoms with Gasteiger partial charge < -0.3 is 23.9 Å². The van der Waals surface area contributed by atoms with Gasteiger partial charge in [-0.1, -0.05) is 0 Å². The Kier molecular flexibility index (Phi) is 5.20. The van der Waals surface area contributed by atoms with Crippen LogP contribution in [-0.2, 0) is 11.3 Å². The molecule has 0 bridgehead atoms. The number of carbonyl (C=O) groups is 2. The van der Waals surface area contributed by atoms with Gasteiger partial charge in [0.1, 0.15) is 17.2 Å². The van der Waals surface area contributed by atoms with Gasteiger partial charge in [-0.05, 0) is 52.3 Å². The summed E-state index contributed by atoms with van der Waals surface area (Å²) in [5.74, 6) is 0.0237. The molecule has 0 fully saturated rings. The zero-order chi connectivity index (χ0) is 17.6. The maximum absolute atomic E-state index is 12.4. The Hall–Kier alpha value is -3.00. The van der Waals surface area contributed by atoms with Gasteiger partial charge >= 0.3 is 0 Å². The molecule has 2 amide bonds. The highest BCUT2D eigenvalue weighted by molar-refractivity contribution is 9.10. The molecule has 0 aromatic carbocycles. The molecule has 3 aromatic rings. The largest absolute Gasteiger partial charge is 0.467 e. The topological polar surface area (TPSA) is 97.6 Å². The smallest absolute Gasteiger partial charge is 0.291 e. The van der Waals surface area contributed by atoms with E-state index in [1.54, 1.807) is 30.3 Å². The number of rotatable bonds is 6. The summed E-state index contributed by atoms with van der Waals surface area (Å²) >= 11 is 3.13. The van der Waals surface area contributed by atoms with E-state index in [4.69, 9.17) is 13.3 Å². The Balaban J connectivity index is 1.75. The van der Waals surface area contributed by atoms with Crippen molar-refractivity contribution in [3.8, 4) is 0 Å². The van der Waals surface area contributed by atoms with E-state index in [0.717, 1.165) is 0 Å². The van der Waals surface area contributed by atoms with Crippen LogP contribution in [0.15, 0.2) is 72.5 Å². The van der Waals surface area contributed by atoms with Gasteiger partial charge in [-0.3, -0.25) is 9.59 Å². The lowest BCUT2D eigenvalue weighted by atomic mass is 10.3. The van der Waals surface area contributed by atoms with Crippen molar-refractivity contribution < 1.29 is 22.8 Å². The Bertz CT molecular complexity index is 878. The standard InChI is InChI=1S/C17H13BrN2O5/c18-15-6-5-14(25-15)17(22)20-13(9-11-3-1-7-23-11)16(21)19-10-12-4-2-8-24-12/h1-9H,10H2,(H,19,21)(H,20,22)/b13-9-. The third-order valence-corrected chi connectivity index (χ3v) is 3.55. The molecule has 0 aliphatic rings. The molecular weight excluding hydrogens is 392 g/mol. The van der Waals surface area contributed by atoms with Gasteiger partial charge in [0.25, 0.3) is 11.8 Å². The minimum atomic E-state index is -0.559. The van der Waals surface area contributed by atoms with Crippen LogP contribution in [0, 0.1) is 0 Å². The second-order valence-electron chi connectivity index (χ2n) is 4.89. The van der Waals surface area contributed by atoms with E-state index in [9.17, 15) is 9.59 Å². The molecule has 3 rings (SSSR count). The molecule has 0 aliphatic carbocycles. The van der Waals surface area contributed by atoms with E-state index >= 15 is 0 Å². The first-order valence-electron chi connectivity index (χ1n) is 7.24. The molecule has 0 aliphatic heterocycles. The van der Waals surface area contributed by atoms with E-state index < -0.39 is 11.8 Å². The lowest BCUT2D eigenvalue weighted by molar-refractivity contribution is -0.118. The van der Waals surface area contributed by atoms with Gasteiger partial charge in [-0.15, -0.1) is 0 Å². The van der Waals surface area contributed by atoms with Crippen molar-refractivity contribution in [2.24, 2.45) is 0 Å². The molecule has 3 aromatic heterocycles. The molecular formula is C17H13BrN2O5. The molecule has 3 heterocycles. The monoisotopic (exact) mass is 404 g/mol. The van der Waals surface area contributed by atoms with Crippen LogP contribution in [0.4, 0.5) is 0 Å². The number of carbonyl (C=O) groups excluding carboxylic acids is 2. The molecule has 7 nitrogen and oxygen atoms in total. The van der Waals surface area contributed by atoms with Crippen LogP contribution in [0.5, 0.6) is 0 Å². The highest BCUT2D eigenvalue weighted by Crippen LogP contribution is 2.15. The highest BCUT2D eigenvalue weighted by Gasteiger charge is 2.17. The summed E-state index contributed by atoms with van der Waals surface area (Å²) in [6.07, 6.45) is 4.40. The number of hydrogen-bond acceptors (Lipinski definition) is 5. The first-order valence-corrected chi connectivity index (χ1v) is 8.03. The lowest BCUT2D eigenvalue weighted by Crippen LogP contribution is -2.34. The van der Waals surface area contributed by atoms with Gasteiger partial charge in [0.2, 0.25) is 0 Å². The van der Waals surface area contributed by atoms with Crippen molar-refractivity contribution in [3.05, 3.63) is 76.6 Å². The van der Waals surface area contributed by atoms with Crippen LogP contribution < -0.4 is 10.6 Å². The average Bonchev–Trinajstić information content (AvgIpc) is 3.34. The van der Waals surface area contributed by atoms with E-state index in [-0.39, 0.29) is 18.0 Å². The van der Waals surface area contributed by atoms with Crippen molar-refractivity contribution in [3.63, 3.8) is 0 Å². The van der Waals surface area contributed by atoms with Crippen LogP contribution in [0.3, 0.4) is 0 Å². The number of nitrogens with one attached hydrogen (secondary N) is 2. The molecule has 128 valence electrons. The predicted octanol–water partition coefficient (Wildman–Crippen LogP) is 3.32. The number of hydrogen-bond donors (Lipinski definition) is 2. The minimum absolute atomic E-state index is 0.0130. The van der Waals surface area contributed by atoms with Gasteiger partial charge in [0.15, 0.2) is 10.4 Å². The van der Waals surface area contributed by atoms with E-state index in [1.807, 2.05) is 0 Å². The maximum atomic E-state index is 12.4. The lowest BCUT2D eigenvalue weighted by Gasteiger charge is -2.09. The maximum Gasteiger partial charge on any atom is 0.291 e. The van der Waals surface area contributed by atoms with Crippen LogP contribution in [0.1, 0.15) is 22.1 Å². The third kappa shape index (κ3) is 4.51. The van der Waals surface area contributed by atoms with Crippen LogP contribution in [-0.4, -0.2) is 11.8 Å².